The number of benzene rings is 1. The first-order valence-corrected chi connectivity index (χ1v) is 5.63. The molecule has 0 aliphatic rings. The van der Waals surface area contributed by atoms with Crippen LogP contribution in [-0.4, -0.2) is 15.6 Å². The van der Waals surface area contributed by atoms with Gasteiger partial charge in [-0.25, -0.2) is 0 Å². The highest BCUT2D eigenvalue weighted by atomic mass is 16.4. The summed E-state index contributed by atoms with van der Waals surface area (Å²) < 4.78 is 2.06. The fourth-order valence-electron chi connectivity index (χ4n) is 2.10. The van der Waals surface area contributed by atoms with Crippen LogP contribution in [0.2, 0.25) is 0 Å². The maximum atomic E-state index is 11.2. The lowest BCUT2D eigenvalue weighted by molar-refractivity contribution is -0.142. The number of carboxylic acid groups (broad SMARTS) is 1. The van der Waals surface area contributed by atoms with Crippen LogP contribution in [0.3, 0.4) is 0 Å². The van der Waals surface area contributed by atoms with E-state index in [0.717, 1.165) is 16.5 Å². The molecule has 2 aromatic rings. The van der Waals surface area contributed by atoms with Gasteiger partial charge in [-0.2, -0.15) is 0 Å². The van der Waals surface area contributed by atoms with Crippen molar-refractivity contribution in [2.75, 3.05) is 0 Å². The van der Waals surface area contributed by atoms with Crippen molar-refractivity contribution in [3.63, 3.8) is 0 Å². The van der Waals surface area contributed by atoms with E-state index in [4.69, 9.17) is 0 Å². The van der Waals surface area contributed by atoms with E-state index in [1.165, 1.54) is 5.56 Å². The molecular formula is C14H17NO2. The highest BCUT2D eigenvalue weighted by molar-refractivity contribution is 5.87. The number of aryl methyl sites for hydroxylation is 2. The first-order chi connectivity index (χ1) is 7.84. The van der Waals surface area contributed by atoms with E-state index in [-0.39, 0.29) is 0 Å². The fraction of sp³-hybridized carbons (Fsp3) is 0.357. The topological polar surface area (TPSA) is 42.2 Å². The third kappa shape index (κ3) is 1.71. The molecule has 1 aromatic heterocycles. The Morgan fingerprint density at radius 3 is 2.59 bits per heavy atom. The highest BCUT2D eigenvalue weighted by Gasteiger charge is 2.29. The van der Waals surface area contributed by atoms with Crippen molar-refractivity contribution in [2.45, 2.75) is 26.2 Å². The van der Waals surface area contributed by atoms with Gasteiger partial charge in [0.15, 0.2) is 0 Å². The van der Waals surface area contributed by atoms with E-state index in [1.54, 1.807) is 13.8 Å². The monoisotopic (exact) mass is 231 g/mol. The molecule has 3 heteroatoms. The molecule has 3 nitrogen and oxygen atoms in total. The molecule has 0 bridgehead atoms. The third-order valence-electron chi connectivity index (χ3n) is 3.45. The molecule has 0 saturated heterocycles. The van der Waals surface area contributed by atoms with Crippen LogP contribution in [0, 0.1) is 6.92 Å². The molecule has 0 atom stereocenters. The highest BCUT2D eigenvalue weighted by Crippen LogP contribution is 2.28. The average molecular weight is 231 g/mol. The van der Waals surface area contributed by atoms with Gasteiger partial charge in [0.25, 0.3) is 0 Å². The molecule has 0 radical (unpaired) electrons. The Morgan fingerprint density at radius 1 is 1.35 bits per heavy atom. The van der Waals surface area contributed by atoms with Crippen molar-refractivity contribution in [1.29, 1.82) is 0 Å². The van der Waals surface area contributed by atoms with Gasteiger partial charge in [-0.3, -0.25) is 4.79 Å². The second-order valence-electron chi connectivity index (χ2n) is 5.09. The lowest BCUT2D eigenvalue weighted by Gasteiger charge is -2.19. The molecule has 1 N–H and O–H groups in total. The van der Waals surface area contributed by atoms with Crippen LogP contribution in [0.4, 0.5) is 0 Å². The predicted molar refractivity (Wildman–Crippen MR) is 68.3 cm³/mol. The van der Waals surface area contributed by atoms with Gasteiger partial charge >= 0.3 is 5.97 Å². The first kappa shape index (κ1) is 11.7. The van der Waals surface area contributed by atoms with Gasteiger partial charge in [-0.1, -0.05) is 6.07 Å². The molecule has 0 saturated carbocycles. The zero-order valence-corrected chi connectivity index (χ0v) is 10.6. The predicted octanol–water partition coefficient (Wildman–Crippen LogP) is 2.85. The van der Waals surface area contributed by atoms with E-state index < -0.39 is 11.4 Å². The molecule has 0 aliphatic carbocycles. The summed E-state index contributed by atoms with van der Waals surface area (Å²) >= 11 is 0. The maximum absolute atomic E-state index is 11.2. The van der Waals surface area contributed by atoms with Gasteiger partial charge < -0.3 is 9.67 Å². The lowest BCUT2D eigenvalue weighted by atomic mass is 9.84. The fourth-order valence-corrected chi connectivity index (χ4v) is 2.10. The molecule has 1 aromatic carbocycles. The van der Waals surface area contributed by atoms with Gasteiger partial charge in [0.1, 0.15) is 0 Å². The summed E-state index contributed by atoms with van der Waals surface area (Å²) in [4.78, 5) is 11.2. The summed E-state index contributed by atoms with van der Waals surface area (Å²) in [6, 6.07) is 5.87. The minimum absolute atomic E-state index is 0.801. The van der Waals surface area contributed by atoms with Crippen LogP contribution in [0.15, 0.2) is 24.4 Å². The number of hydrogen-bond acceptors (Lipinski definition) is 1. The number of carbonyl (C=O) groups is 1. The molecule has 0 amide bonds. The van der Waals surface area contributed by atoms with E-state index >= 15 is 0 Å². The van der Waals surface area contributed by atoms with E-state index in [2.05, 4.69) is 10.8 Å². The number of aromatic nitrogens is 1. The molecule has 2 rings (SSSR count). The van der Waals surface area contributed by atoms with E-state index in [0.29, 0.717) is 0 Å². The van der Waals surface area contributed by atoms with E-state index in [1.807, 2.05) is 32.2 Å². The molecule has 0 fully saturated rings. The Hall–Kier alpha value is -1.77. The van der Waals surface area contributed by atoms with Crippen molar-refractivity contribution in [3.05, 3.63) is 35.5 Å². The quantitative estimate of drug-likeness (QED) is 0.863. The summed E-state index contributed by atoms with van der Waals surface area (Å²) in [5, 5.41) is 10.4. The molecule has 90 valence electrons. The zero-order chi connectivity index (χ0) is 12.8. The molecular weight excluding hydrogens is 214 g/mol. The van der Waals surface area contributed by atoms with Crippen LogP contribution in [0.5, 0.6) is 0 Å². The van der Waals surface area contributed by atoms with Crippen LogP contribution in [-0.2, 0) is 17.3 Å². The van der Waals surface area contributed by atoms with Crippen molar-refractivity contribution in [2.24, 2.45) is 7.05 Å². The minimum Gasteiger partial charge on any atom is -0.481 e. The Balaban J connectivity index is 2.67. The Kier molecular flexibility index (Phi) is 2.49. The number of nitrogens with zero attached hydrogens (tertiary/aromatic N) is 1. The molecule has 1 heterocycles. The number of carboxylic acids is 1. The van der Waals surface area contributed by atoms with Gasteiger partial charge in [0.2, 0.25) is 0 Å². The van der Waals surface area contributed by atoms with Gasteiger partial charge in [-0.15, -0.1) is 0 Å². The SMILES string of the molecule is Cc1cn(C)c2ccc(C(C)(C)C(=O)O)cc12. The summed E-state index contributed by atoms with van der Waals surface area (Å²) in [6.07, 6.45) is 2.06. The normalized spacial score (nSPS) is 12.0. The zero-order valence-electron chi connectivity index (χ0n) is 10.6. The number of aliphatic carboxylic acids is 1. The summed E-state index contributed by atoms with van der Waals surface area (Å²) in [5.41, 5.74) is 2.29. The Bertz CT molecular complexity index is 594. The van der Waals surface area contributed by atoms with Crippen molar-refractivity contribution < 1.29 is 9.90 Å². The van der Waals surface area contributed by atoms with Crippen LogP contribution in [0.25, 0.3) is 10.9 Å². The van der Waals surface area contributed by atoms with Gasteiger partial charge in [0.05, 0.1) is 5.41 Å². The summed E-state index contributed by atoms with van der Waals surface area (Å²) in [6.45, 7) is 5.50. The van der Waals surface area contributed by atoms with Crippen molar-refractivity contribution in [3.8, 4) is 0 Å². The summed E-state index contributed by atoms with van der Waals surface area (Å²) in [5.74, 6) is -0.801. The average Bonchev–Trinajstić information content (AvgIpc) is 2.54. The molecule has 17 heavy (non-hydrogen) atoms. The van der Waals surface area contributed by atoms with Crippen LogP contribution in [0.1, 0.15) is 25.0 Å². The van der Waals surface area contributed by atoms with Crippen molar-refractivity contribution >= 4 is 16.9 Å². The molecule has 0 spiro atoms. The second kappa shape index (κ2) is 3.62. The standard InChI is InChI=1S/C14H17NO2/c1-9-8-15(4)12-6-5-10(7-11(9)12)14(2,3)13(16)17/h5-8H,1-4H3,(H,16,17). The number of hydrogen-bond donors (Lipinski definition) is 1. The van der Waals surface area contributed by atoms with Crippen LogP contribution >= 0.6 is 0 Å². The van der Waals surface area contributed by atoms with E-state index in [9.17, 15) is 9.90 Å². The lowest BCUT2D eigenvalue weighted by Crippen LogP contribution is -2.28. The number of rotatable bonds is 2. The third-order valence-corrected chi connectivity index (χ3v) is 3.45. The minimum atomic E-state index is -0.851. The summed E-state index contributed by atoms with van der Waals surface area (Å²) in [7, 11) is 2.00. The first-order valence-electron chi connectivity index (χ1n) is 5.63. The number of fused-ring (bicyclic) bond motifs is 1. The van der Waals surface area contributed by atoms with Crippen molar-refractivity contribution in [1.82, 2.24) is 4.57 Å². The van der Waals surface area contributed by atoms with Gasteiger partial charge in [0, 0.05) is 24.1 Å². The largest absolute Gasteiger partial charge is 0.481 e. The smallest absolute Gasteiger partial charge is 0.313 e. The molecule has 0 unspecified atom stereocenters. The maximum Gasteiger partial charge on any atom is 0.313 e. The van der Waals surface area contributed by atoms with Crippen LogP contribution < -0.4 is 0 Å². The second-order valence-corrected chi connectivity index (χ2v) is 5.09. The Morgan fingerprint density at radius 2 is 2.00 bits per heavy atom. The van der Waals surface area contributed by atoms with Gasteiger partial charge in [-0.05, 0) is 44.0 Å². The Labute approximate surface area is 101 Å². The molecule has 0 aliphatic heterocycles.